The van der Waals surface area contributed by atoms with E-state index in [1.807, 2.05) is 6.92 Å². The van der Waals surface area contributed by atoms with Gasteiger partial charge in [-0.05, 0) is 44.0 Å². The lowest BCUT2D eigenvalue weighted by Crippen LogP contribution is -2.37. The number of hydrazine groups is 1. The van der Waals surface area contributed by atoms with Crippen LogP contribution in [0.3, 0.4) is 0 Å². The number of benzene rings is 1. The van der Waals surface area contributed by atoms with Gasteiger partial charge in [0.05, 0.1) is 11.5 Å². The topological polar surface area (TPSA) is 84.5 Å². The van der Waals surface area contributed by atoms with Crippen LogP contribution in [0, 0.1) is 0 Å². The van der Waals surface area contributed by atoms with Crippen molar-refractivity contribution < 1.29 is 17.9 Å². The summed E-state index contributed by atoms with van der Waals surface area (Å²) in [7, 11) is -3.68. The molecule has 0 amide bonds. The van der Waals surface area contributed by atoms with E-state index in [1.165, 1.54) is 18.2 Å². The van der Waals surface area contributed by atoms with E-state index in [2.05, 4.69) is 10.3 Å². The smallest absolute Gasteiger partial charge is 0.257 e. The lowest BCUT2D eigenvalue weighted by atomic mass is 10.0. The van der Waals surface area contributed by atoms with Crippen LogP contribution in [0.2, 0.25) is 0 Å². The maximum absolute atomic E-state index is 12.1. The van der Waals surface area contributed by atoms with Crippen LogP contribution in [0.1, 0.15) is 26.2 Å². The molecular formula is C14H18N2O4S. The van der Waals surface area contributed by atoms with E-state index in [4.69, 9.17) is 4.74 Å². The third kappa shape index (κ3) is 4.30. The second-order valence-electron chi connectivity index (χ2n) is 4.62. The van der Waals surface area contributed by atoms with Gasteiger partial charge in [-0.1, -0.05) is 0 Å². The van der Waals surface area contributed by atoms with Crippen molar-refractivity contribution in [1.29, 1.82) is 0 Å². The molecule has 114 valence electrons. The third-order valence-electron chi connectivity index (χ3n) is 3.00. The molecule has 1 aliphatic rings. The first-order valence-corrected chi connectivity index (χ1v) is 8.23. The van der Waals surface area contributed by atoms with E-state index in [9.17, 15) is 13.2 Å². The summed E-state index contributed by atoms with van der Waals surface area (Å²) < 4.78 is 29.5. The molecule has 0 atom stereocenters. The van der Waals surface area contributed by atoms with Crippen molar-refractivity contribution >= 4 is 15.8 Å². The van der Waals surface area contributed by atoms with Gasteiger partial charge in [0.25, 0.3) is 10.0 Å². The maximum Gasteiger partial charge on any atom is 0.257 e. The Labute approximate surface area is 124 Å². The first kappa shape index (κ1) is 15.5. The molecular weight excluding hydrogens is 292 g/mol. The summed E-state index contributed by atoms with van der Waals surface area (Å²) in [6.45, 7) is 2.38. The molecule has 7 heteroatoms. The highest BCUT2D eigenvalue weighted by Crippen LogP contribution is 2.16. The van der Waals surface area contributed by atoms with Crippen LogP contribution in [0.5, 0.6) is 5.75 Å². The molecule has 0 aromatic heterocycles. The molecule has 0 saturated carbocycles. The Morgan fingerprint density at radius 1 is 1.19 bits per heavy atom. The molecule has 0 unspecified atom stereocenters. The number of allylic oxidation sites excluding steroid dienone is 2. The quantitative estimate of drug-likeness (QED) is 0.778. The van der Waals surface area contributed by atoms with Crippen molar-refractivity contribution in [1.82, 2.24) is 10.3 Å². The maximum atomic E-state index is 12.1. The highest BCUT2D eigenvalue weighted by molar-refractivity contribution is 7.89. The molecule has 1 aromatic rings. The number of hydrogen-bond donors (Lipinski definition) is 2. The molecule has 0 radical (unpaired) electrons. The molecule has 1 aliphatic carbocycles. The van der Waals surface area contributed by atoms with E-state index in [0.717, 1.165) is 6.42 Å². The normalized spacial score (nSPS) is 15.5. The SMILES string of the molecule is CCOc1ccc(S(=O)(=O)NNC2=CC(=O)CCC2)cc1. The van der Waals surface area contributed by atoms with E-state index >= 15 is 0 Å². The third-order valence-corrected chi connectivity index (χ3v) is 4.26. The minimum Gasteiger partial charge on any atom is -0.494 e. The largest absolute Gasteiger partial charge is 0.494 e. The molecule has 0 saturated heterocycles. The zero-order chi connectivity index (χ0) is 15.3. The van der Waals surface area contributed by atoms with E-state index in [1.54, 1.807) is 12.1 Å². The summed E-state index contributed by atoms with van der Waals surface area (Å²) in [6.07, 6.45) is 3.32. The molecule has 0 heterocycles. The van der Waals surface area contributed by atoms with Gasteiger partial charge in [0.15, 0.2) is 5.78 Å². The first-order chi connectivity index (χ1) is 10.0. The monoisotopic (exact) mass is 310 g/mol. The summed E-state index contributed by atoms with van der Waals surface area (Å²) in [5.74, 6) is 0.619. The van der Waals surface area contributed by atoms with E-state index < -0.39 is 10.0 Å². The molecule has 2 N–H and O–H groups in total. The summed E-state index contributed by atoms with van der Waals surface area (Å²) in [6, 6.07) is 6.13. The summed E-state index contributed by atoms with van der Waals surface area (Å²) >= 11 is 0. The second-order valence-corrected chi connectivity index (χ2v) is 6.31. The first-order valence-electron chi connectivity index (χ1n) is 6.75. The van der Waals surface area contributed by atoms with Crippen LogP contribution >= 0.6 is 0 Å². The Kier molecular flexibility index (Phi) is 4.98. The molecule has 0 aliphatic heterocycles. The number of ether oxygens (including phenoxy) is 1. The summed E-state index contributed by atoms with van der Waals surface area (Å²) in [5, 5.41) is 0. The van der Waals surface area contributed by atoms with Gasteiger partial charge in [0.1, 0.15) is 5.75 Å². The van der Waals surface area contributed by atoms with Gasteiger partial charge in [-0.2, -0.15) is 0 Å². The molecule has 2 rings (SSSR count). The van der Waals surface area contributed by atoms with Crippen molar-refractivity contribution in [3.05, 3.63) is 36.0 Å². The van der Waals surface area contributed by atoms with E-state index in [0.29, 0.717) is 30.9 Å². The fraction of sp³-hybridized carbons (Fsp3) is 0.357. The lowest BCUT2D eigenvalue weighted by Gasteiger charge is -2.15. The Bertz CT molecular complexity index is 635. The van der Waals surface area contributed by atoms with Crippen molar-refractivity contribution in [2.24, 2.45) is 0 Å². The minimum atomic E-state index is -3.68. The average molecular weight is 310 g/mol. The van der Waals surface area contributed by atoms with Gasteiger partial charge < -0.3 is 10.2 Å². The summed E-state index contributed by atoms with van der Waals surface area (Å²) in [5.41, 5.74) is 3.19. The van der Waals surface area contributed by atoms with E-state index in [-0.39, 0.29) is 10.7 Å². The number of ketones is 1. The van der Waals surface area contributed by atoms with Crippen LogP contribution in [0.25, 0.3) is 0 Å². The Balaban J connectivity index is 2.02. The Morgan fingerprint density at radius 3 is 2.52 bits per heavy atom. The van der Waals surface area contributed by atoms with Gasteiger partial charge in [-0.15, -0.1) is 4.83 Å². The Morgan fingerprint density at radius 2 is 1.90 bits per heavy atom. The minimum absolute atomic E-state index is 0.00372. The zero-order valence-electron chi connectivity index (χ0n) is 11.8. The molecule has 0 fully saturated rings. The van der Waals surface area contributed by atoms with Crippen LogP contribution in [0.15, 0.2) is 40.9 Å². The van der Waals surface area contributed by atoms with Crippen LogP contribution < -0.4 is 15.0 Å². The van der Waals surface area contributed by atoms with Crippen molar-refractivity contribution in [2.75, 3.05) is 6.61 Å². The molecule has 0 bridgehead atoms. The predicted octanol–water partition coefficient (Wildman–Crippen LogP) is 1.51. The number of carbonyl (C=O) groups is 1. The number of rotatable bonds is 6. The molecule has 1 aromatic carbocycles. The lowest BCUT2D eigenvalue weighted by molar-refractivity contribution is -0.115. The standard InChI is InChI=1S/C14H18N2O4S/c1-2-20-13-6-8-14(9-7-13)21(18,19)16-15-11-4-3-5-12(17)10-11/h6-10,15-16H,2-5H2,1H3. The van der Waals surface area contributed by atoms with Crippen LogP contribution in [-0.4, -0.2) is 20.8 Å². The average Bonchev–Trinajstić information content (AvgIpc) is 2.46. The van der Waals surface area contributed by atoms with Crippen molar-refractivity contribution in [3.8, 4) is 5.75 Å². The Hall–Kier alpha value is -1.86. The fourth-order valence-electron chi connectivity index (χ4n) is 1.96. The summed E-state index contributed by atoms with van der Waals surface area (Å²) in [4.78, 5) is 13.7. The van der Waals surface area contributed by atoms with Crippen LogP contribution in [0.4, 0.5) is 0 Å². The second kappa shape index (κ2) is 6.73. The fourth-order valence-corrected chi connectivity index (χ4v) is 2.84. The van der Waals surface area contributed by atoms with Crippen molar-refractivity contribution in [2.45, 2.75) is 31.1 Å². The molecule has 6 nitrogen and oxygen atoms in total. The van der Waals surface area contributed by atoms with Gasteiger partial charge in [-0.3, -0.25) is 4.79 Å². The number of hydrogen-bond acceptors (Lipinski definition) is 5. The number of carbonyl (C=O) groups excluding carboxylic acids is 1. The number of sulfonamides is 1. The van der Waals surface area contributed by atoms with Crippen molar-refractivity contribution in [3.63, 3.8) is 0 Å². The molecule has 0 spiro atoms. The van der Waals surface area contributed by atoms with Gasteiger partial charge in [0, 0.05) is 18.2 Å². The highest BCUT2D eigenvalue weighted by atomic mass is 32.2. The van der Waals surface area contributed by atoms with Gasteiger partial charge >= 0.3 is 0 Å². The zero-order valence-corrected chi connectivity index (χ0v) is 12.6. The highest BCUT2D eigenvalue weighted by Gasteiger charge is 2.16. The molecule has 21 heavy (non-hydrogen) atoms. The van der Waals surface area contributed by atoms with Gasteiger partial charge in [-0.25, -0.2) is 8.42 Å². The van der Waals surface area contributed by atoms with Gasteiger partial charge in [0.2, 0.25) is 0 Å². The predicted molar refractivity (Wildman–Crippen MR) is 78.0 cm³/mol. The number of nitrogens with one attached hydrogen (secondary N) is 2. The van der Waals surface area contributed by atoms with Crippen LogP contribution in [-0.2, 0) is 14.8 Å².